The van der Waals surface area contributed by atoms with Gasteiger partial charge in [-0.1, -0.05) is 46.3 Å². The summed E-state index contributed by atoms with van der Waals surface area (Å²) >= 11 is 3.68. The average Bonchev–Trinajstić information content (AvgIpc) is 2.85. The molecule has 0 radical (unpaired) electrons. The van der Waals surface area contributed by atoms with E-state index in [0.717, 1.165) is 54.7 Å². The van der Waals surface area contributed by atoms with Crippen LogP contribution < -0.4 is 16.0 Å². The molecule has 4 rings (SSSR count). The van der Waals surface area contributed by atoms with Crippen molar-refractivity contribution in [2.24, 2.45) is 5.92 Å². The van der Waals surface area contributed by atoms with Crippen LogP contribution in [-0.2, 0) is 19.5 Å². The molecular weight excluding hydrogens is 496 g/mol. The molecule has 3 aromatic rings. The molecule has 2 aromatic carbocycles. The van der Waals surface area contributed by atoms with Crippen molar-refractivity contribution in [1.29, 1.82) is 0 Å². The Morgan fingerprint density at radius 3 is 2.56 bits per heavy atom. The van der Waals surface area contributed by atoms with Crippen LogP contribution >= 0.6 is 15.9 Å². The molecule has 8 heteroatoms. The molecule has 0 saturated carbocycles. The Hall–Kier alpha value is -2.71. The topological polar surface area (TPSA) is 69.4 Å². The summed E-state index contributed by atoms with van der Waals surface area (Å²) in [6.45, 7) is 6.12. The molecule has 34 heavy (non-hydrogen) atoms. The second-order valence-electron chi connectivity index (χ2n) is 8.74. The third-order valence-electron chi connectivity index (χ3n) is 6.38. The lowest BCUT2D eigenvalue weighted by atomic mass is 9.90. The number of hydrogen-bond acceptors (Lipinski definition) is 5. The van der Waals surface area contributed by atoms with Crippen LogP contribution in [0.25, 0.3) is 0 Å². The highest BCUT2D eigenvalue weighted by molar-refractivity contribution is 9.10. The Morgan fingerprint density at radius 1 is 1.06 bits per heavy atom. The summed E-state index contributed by atoms with van der Waals surface area (Å²) in [4.78, 5) is 27.5. The normalized spacial score (nSPS) is 14.9. The zero-order chi connectivity index (χ0) is 23.9. The highest BCUT2D eigenvalue weighted by atomic mass is 79.9. The minimum atomic E-state index is -0.370. The van der Waals surface area contributed by atoms with E-state index in [-0.39, 0.29) is 17.8 Å². The monoisotopic (exact) mass is 526 g/mol. The first kappa shape index (κ1) is 24.4. The Balaban J connectivity index is 1.31. The number of halogens is 1. The van der Waals surface area contributed by atoms with Crippen LogP contribution in [0.4, 0.5) is 0 Å². The average molecular weight is 527 g/mol. The Kier molecular flexibility index (Phi) is 8.34. The van der Waals surface area contributed by atoms with E-state index in [2.05, 4.69) is 38.1 Å². The molecular formula is C26H31BrN4O3. The first-order valence-electron chi connectivity index (χ1n) is 11.9. The maximum atomic E-state index is 12.9. The van der Waals surface area contributed by atoms with Gasteiger partial charge >= 0.3 is 5.69 Å². The van der Waals surface area contributed by atoms with Gasteiger partial charge in [-0.15, -0.1) is 0 Å². The number of ether oxygens (including phenoxy) is 1. The lowest BCUT2D eigenvalue weighted by Gasteiger charge is -2.32. The second kappa shape index (κ2) is 11.6. The van der Waals surface area contributed by atoms with E-state index < -0.39 is 0 Å². The molecule has 7 nitrogen and oxygen atoms in total. The third-order valence-corrected chi connectivity index (χ3v) is 7.15. The summed E-state index contributed by atoms with van der Waals surface area (Å²) in [6.07, 6.45) is 4.49. The van der Waals surface area contributed by atoms with Crippen LogP contribution in [0, 0.1) is 5.92 Å². The summed E-state index contributed by atoms with van der Waals surface area (Å²) in [5.41, 5.74) is 1.48. The number of likely N-dealkylation sites (tertiary alicyclic amines) is 1. The van der Waals surface area contributed by atoms with Crippen LogP contribution in [-0.4, -0.2) is 45.5 Å². The van der Waals surface area contributed by atoms with Gasteiger partial charge in [0.25, 0.3) is 5.56 Å². The van der Waals surface area contributed by atoms with Gasteiger partial charge in [0, 0.05) is 11.0 Å². The van der Waals surface area contributed by atoms with E-state index in [1.165, 1.54) is 21.0 Å². The standard InChI is InChI=1S/C26H31BrN4O3/c1-2-34-23-8-9-24(27)22(17-23)16-20-10-12-29(13-11-20)14-15-31-26(33)30(25(32)18-28-31)19-21-6-4-3-5-7-21/h3-9,17-18,20H,2,10-16,19H2,1H3. The fourth-order valence-electron chi connectivity index (χ4n) is 4.46. The second-order valence-corrected chi connectivity index (χ2v) is 9.59. The fraction of sp³-hybridized carbons (Fsp3) is 0.423. The SMILES string of the molecule is CCOc1ccc(Br)c(CC2CCN(CCn3ncc(=O)n(Cc4ccccc4)c3=O)CC2)c1. The summed E-state index contributed by atoms with van der Waals surface area (Å²) in [6, 6.07) is 15.7. The Morgan fingerprint density at radius 2 is 1.82 bits per heavy atom. The molecule has 180 valence electrons. The smallest absolute Gasteiger partial charge is 0.347 e. The first-order valence-corrected chi connectivity index (χ1v) is 12.7. The van der Waals surface area contributed by atoms with Crippen molar-refractivity contribution >= 4 is 15.9 Å². The van der Waals surface area contributed by atoms with Gasteiger partial charge < -0.3 is 9.64 Å². The van der Waals surface area contributed by atoms with E-state index in [1.54, 1.807) is 0 Å². The molecule has 0 atom stereocenters. The Labute approximate surface area is 208 Å². The van der Waals surface area contributed by atoms with Gasteiger partial charge in [0.1, 0.15) is 11.9 Å². The lowest BCUT2D eigenvalue weighted by molar-refractivity contribution is 0.175. The summed E-state index contributed by atoms with van der Waals surface area (Å²) < 4.78 is 9.45. The fourth-order valence-corrected chi connectivity index (χ4v) is 4.87. The van der Waals surface area contributed by atoms with E-state index in [1.807, 2.05) is 43.3 Å². The quantitative estimate of drug-likeness (QED) is 0.426. The number of rotatable bonds is 9. The van der Waals surface area contributed by atoms with E-state index in [4.69, 9.17) is 4.74 Å². The third kappa shape index (κ3) is 6.24. The van der Waals surface area contributed by atoms with Gasteiger partial charge in [0.2, 0.25) is 0 Å². The van der Waals surface area contributed by atoms with E-state index >= 15 is 0 Å². The van der Waals surface area contributed by atoms with Crippen molar-refractivity contribution < 1.29 is 4.74 Å². The summed E-state index contributed by atoms with van der Waals surface area (Å²) in [5.74, 6) is 1.54. The van der Waals surface area contributed by atoms with Gasteiger partial charge in [-0.05, 0) is 74.5 Å². The van der Waals surface area contributed by atoms with Crippen LogP contribution in [0.15, 0.2) is 68.8 Å². The maximum Gasteiger partial charge on any atom is 0.347 e. The number of aromatic nitrogens is 3. The van der Waals surface area contributed by atoms with Gasteiger partial charge in [-0.3, -0.25) is 9.36 Å². The predicted octanol–water partition coefficient (Wildman–Crippen LogP) is 3.57. The highest BCUT2D eigenvalue weighted by Gasteiger charge is 2.21. The molecule has 1 aliphatic heterocycles. The minimum Gasteiger partial charge on any atom is -0.494 e. The largest absolute Gasteiger partial charge is 0.494 e. The van der Waals surface area contributed by atoms with Crippen molar-refractivity contribution in [3.63, 3.8) is 0 Å². The number of piperidine rings is 1. The van der Waals surface area contributed by atoms with Gasteiger partial charge in [-0.2, -0.15) is 5.10 Å². The predicted molar refractivity (Wildman–Crippen MR) is 136 cm³/mol. The van der Waals surface area contributed by atoms with Crippen molar-refractivity contribution in [2.75, 3.05) is 26.2 Å². The highest BCUT2D eigenvalue weighted by Crippen LogP contribution is 2.28. The van der Waals surface area contributed by atoms with Gasteiger partial charge in [-0.25, -0.2) is 9.48 Å². The van der Waals surface area contributed by atoms with Crippen LogP contribution in [0.3, 0.4) is 0 Å². The number of benzene rings is 2. The molecule has 0 unspecified atom stereocenters. The molecule has 0 N–H and O–H groups in total. The van der Waals surface area contributed by atoms with E-state index in [9.17, 15) is 9.59 Å². The summed E-state index contributed by atoms with van der Waals surface area (Å²) in [7, 11) is 0. The van der Waals surface area contributed by atoms with Crippen molar-refractivity contribution in [3.8, 4) is 5.75 Å². The van der Waals surface area contributed by atoms with Crippen LogP contribution in [0.1, 0.15) is 30.9 Å². The molecule has 1 fully saturated rings. The van der Waals surface area contributed by atoms with Crippen molar-refractivity contribution in [3.05, 3.63) is 91.2 Å². The Bertz CT molecular complexity index is 1200. The van der Waals surface area contributed by atoms with E-state index in [0.29, 0.717) is 19.1 Å². The van der Waals surface area contributed by atoms with Crippen molar-refractivity contribution in [2.45, 2.75) is 39.3 Å². The molecule has 0 bridgehead atoms. The molecule has 1 saturated heterocycles. The number of nitrogens with zero attached hydrogens (tertiary/aromatic N) is 4. The first-order chi connectivity index (χ1) is 16.5. The van der Waals surface area contributed by atoms with Crippen molar-refractivity contribution in [1.82, 2.24) is 19.2 Å². The molecule has 1 aliphatic rings. The molecule has 2 heterocycles. The van der Waals surface area contributed by atoms with Gasteiger partial charge in [0.15, 0.2) is 0 Å². The molecule has 1 aromatic heterocycles. The lowest BCUT2D eigenvalue weighted by Crippen LogP contribution is -2.43. The molecule has 0 amide bonds. The molecule has 0 aliphatic carbocycles. The zero-order valence-corrected chi connectivity index (χ0v) is 21.1. The number of hydrogen-bond donors (Lipinski definition) is 0. The zero-order valence-electron chi connectivity index (χ0n) is 19.5. The molecule has 0 spiro atoms. The minimum absolute atomic E-state index is 0.256. The maximum absolute atomic E-state index is 12.9. The van der Waals surface area contributed by atoms with Gasteiger partial charge in [0.05, 0.1) is 19.7 Å². The van der Waals surface area contributed by atoms with Crippen LogP contribution in [0.2, 0.25) is 0 Å². The summed E-state index contributed by atoms with van der Waals surface area (Å²) in [5, 5.41) is 4.10. The van der Waals surface area contributed by atoms with Crippen LogP contribution in [0.5, 0.6) is 5.75 Å².